The molecule has 0 unspecified atom stereocenters. The minimum atomic E-state index is 0.277. The average Bonchev–Trinajstić information content (AvgIpc) is 2.75. The maximum atomic E-state index is 5.78. The quantitative estimate of drug-likeness (QED) is 0.333. The Morgan fingerprint density at radius 1 is 0.667 bits per heavy atom. The average molecular weight is 407 g/mol. The van der Waals surface area contributed by atoms with Crippen LogP contribution in [0.2, 0.25) is 0 Å². The number of nitrogens with zero attached hydrogens (tertiary/aromatic N) is 3. The SMILES string of the molecule is CO/N=C(\N)c1ccc(Oc2cccc(Oc3ccc(/C(N)=N\OC)cc3)n2)cc1. The van der Waals surface area contributed by atoms with Crippen LogP contribution in [0.3, 0.4) is 0 Å². The number of hydrogen-bond donors (Lipinski definition) is 2. The van der Waals surface area contributed by atoms with E-state index in [0.717, 1.165) is 0 Å². The van der Waals surface area contributed by atoms with Crippen molar-refractivity contribution in [2.45, 2.75) is 0 Å². The lowest BCUT2D eigenvalue weighted by Gasteiger charge is -2.09. The molecule has 2 aromatic carbocycles. The van der Waals surface area contributed by atoms with Gasteiger partial charge in [-0.25, -0.2) is 0 Å². The van der Waals surface area contributed by atoms with Crippen LogP contribution in [-0.2, 0) is 9.68 Å². The third kappa shape index (κ3) is 5.38. The minimum Gasteiger partial charge on any atom is -0.439 e. The molecule has 0 bridgehead atoms. The van der Waals surface area contributed by atoms with E-state index in [-0.39, 0.29) is 11.7 Å². The molecular formula is C21H21N5O4. The monoisotopic (exact) mass is 407 g/mol. The van der Waals surface area contributed by atoms with Crippen molar-refractivity contribution < 1.29 is 19.1 Å². The number of benzene rings is 2. The maximum absolute atomic E-state index is 5.78. The minimum absolute atomic E-state index is 0.277. The third-order valence-electron chi connectivity index (χ3n) is 3.82. The Balaban J connectivity index is 1.67. The van der Waals surface area contributed by atoms with Crippen molar-refractivity contribution in [2.75, 3.05) is 14.2 Å². The summed E-state index contributed by atoms with van der Waals surface area (Å²) in [6, 6.07) is 19.4. The number of amidine groups is 2. The topological polar surface area (TPSA) is 127 Å². The molecule has 0 saturated heterocycles. The van der Waals surface area contributed by atoms with Crippen molar-refractivity contribution in [2.24, 2.45) is 21.8 Å². The Morgan fingerprint density at radius 3 is 1.43 bits per heavy atom. The van der Waals surface area contributed by atoms with Gasteiger partial charge in [0.2, 0.25) is 11.8 Å². The van der Waals surface area contributed by atoms with E-state index in [4.69, 9.17) is 20.9 Å². The molecule has 1 heterocycles. The van der Waals surface area contributed by atoms with Gasteiger partial charge in [-0.15, -0.1) is 0 Å². The van der Waals surface area contributed by atoms with Crippen LogP contribution in [-0.4, -0.2) is 30.9 Å². The second kappa shape index (κ2) is 9.78. The summed E-state index contributed by atoms with van der Waals surface area (Å²) in [6.45, 7) is 0. The molecular weight excluding hydrogens is 386 g/mol. The number of oxime groups is 2. The van der Waals surface area contributed by atoms with Crippen LogP contribution in [0.4, 0.5) is 0 Å². The van der Waals surface area contributed by atoms with Gasteiger partial charge in [0.25, 0.3) is 0 Å². The molecule has 9 heteroatoms. The van der Waals surface area contributed by atoms with Gasteiger partial charge in [-0.1, -0.05) is 16.4 Å². The number of nitrogens with two attached hydrogens (primary N) is 2. The lowest BCUT2D eigenvalue weighted by Crippen LogP contribution is -2.13. The van der Waals surface area contributed by atoms with Crippen LogP contribution in [0.25, 0.3) is 0 Å². The zero-order valence-corrected chi connectivity index (χ0v) is 16.5. The molecule has 0 fully saturated rings. The van der Waals surface area contributed by atoms with Crippen LogP contribution in [0.5, 0.6) is 23.3 Å². The van der Waals surface area contributed by atoms with Gasteiger partial charge in [-0.05, 0) is 48.5 Å². The predicted molar refractivity (Wildman–Crippen MR) is 113 cm³/mol. The van der Waals surface area contributed by atoms with Gasteiger partial charge >= 0.3 is 0 Å². The Bertz CT molecular complexity index is 953. The highest BCUT2D eigenvalue weighted by molar-refractivity contribution is 5.97. The molecule has 0 aliphatic rings. The van der Waals surface area contributed by atoms with E-state index < -0.39 is 0 Å². The molecule has 3 rings (SSSR count). The van der Waals surface area contributed by atoms with Crippen LogP contribution in [0.1, 0.15) is 11.1 Å². The van der Waals surface area contributed by atoms with Crippen LogP contribution >= 0.6 is 0 Å². The van der Waals surface area contributed by atoms with Gasteiger partial charge in [-0.3, -0.25) is 0 Å². The molecule has 3 aromatic rings. The van der Waals surface area contributed by atoms with Crippen molar-refractivity contribution in [1.82, 2.24) is 4.98 Å². The Labute approximate surface area is 173 Å². The van der Waals surface area contributed by atoms with E-state index in [9.17, 15) is 0 Å². The number of ether oxygens (including phenoxy) is 2. The standard InChI is InChI=1S/C21H21N5O4/c1-27-25-20(22)14-6-10-16(11-7-14)29-18-4-3-5-19(24-18)30-17-12-8-15(9-13-17)21(23)26-28-2/h3-13H,1-2H3,(H2,22,25)(H2,23,26). The fourth-order valence-electron chi connectivity index (χ4n) is 2.44. The summed E-state index contributed by atoms with van der Waals surface area (Å²) in [4.78, 5) is 13.7. The van der Waals surface area contributed by atoms with Crippen molar-refractivity contribution in [3.63, 3.8) is 0 Å². The Kier molecular flexibility index (Phi) is 6.67. The molecule has 0 aliphatic heterocycles. The fraction of sp³-hybridized carbons (Fsp3) is 0.0952. The summed E-state index contributed by atoms with van der Waals surface area (Å²) in [5, 5.41) is 7.38. The highest BCUT2D eigenvalue weighted by Crippen LogP contribution is 2.25. The van der Waals surface area contributed by atoms with Gasteiger partial charge in [0, 0.05) is 23.3 Å². The van der Waals surface area contributed by atoms with E-state index >= 15 is 0 Å². The summed E-state index contributed by atoms with van der Waals surface area (Å²) in [6.07, 6.45) is 0. The molecule has 30 heavy (non-hydrogen) atoms. The molecule has 0 atom stereocenters. The number of hydrogen-bond acceptors (Lipinski definition) is 7. The molecule has 0 spiro atoms. The second-order valence-corrected chi connectivity index (χ2v) is 5.89. The first-order valence-electron chi connectivity index (χ1n) is 8.86. The number of pyridine rings is 1. The van der Waals surface area contributed by atoms with E-state index in [1.54, 1.807) is 66.7 Å². The molecule has 4 N–H and O–H groups in total. The predicted octanol–water partition coefficient (Wildman–Crippen LogP) is 3.20. The summed E-state index contributed by atoms with van der Waals surface area (Å²) >= 11 is 0. The van der Waals surface area contributed by atoms with Crippen molar-refractivity contribution in [1.29, 1.82) is 0 Å². The van der Waals surface area contributed by atoms with Gasteiger partial charge < -0.3 is 30.6 Å². The lowest BCUT2D eigenvalue weighted by molar-refractivity contribution is 0.213. The Hall–Kier alpha value is -4.27. The van der Waals surface area contributed by atoms with Gasteiger partial charge in [-0.2, -0.15) is 4.98 Å². The van der Waals surface area contributed by atoms with Crippen molar-refractivity contribution in [3.05, 3.63) is 77.9 Å². The lowest BCUT2D eigenvalue weighted by atomic mass is 10.2. The number of rotatable bonds is 8. The number of aromatic nitrogens is 1. The highest BCUT2D eigenvalue weighted by Gasteiger charge is 2.06. The molecule has 0 amide bonds. The maximum Gasteiger partial charge on any atom is 0.222 e. The first-order chi connectivity index (χ1) is 14.6. The van der Waals surface area contributed by atoms with Crippen LogP contribution in [0, 0.1) is 0 Å². The van der Waals surface area contributed by atoms with Crippen molar-refractivity contribution >= 4 is 11.7 Å². The Morgan fingerprint density at radius 2 is 1.07 bits per heavy atom. The van der Waals surface area contributed by atoms with E-state index in [1.165, 1.54) is 14.2 Å². The molecule has 0 saturated carbocycles. The molecule has 1 aromatic heterocycles. The van der Waals surface area contributed by atoms with Crippen molar-refractivity contribution in [3.8, 4) is 23.3 Å². The first kappa shape index (κ1) is 20.5. The van der Waals surface area contributed by atoms with Gasteiger partial charge in [0.15, 0.2) is 11.7 Å². The highest BCUT2D eigenvalue weighted by atomic mass is 16.6. The van der Waals surface area contributed by atoms with Crippen LogP contribution in [0.15, 0.2) is 77.0 Å². The first-order valence-corrected chi connectivity index (χ1v) is 8.86. The van der Waals surface area contributed by atoms with E-state index in [1.807, 2.05) is 0 Å². The summed E-state index contributed by atoms with van der Waals surface area (Å²) in [5.41, 5.74) is 13.0. The smallest absolute Gasteiger partial charge is 0.222 e. The fourth-order valence-corrected chi connectivity index (χ4v) is 2.44. The summed E-state index contributed by atoms with van der Waals surface area (Å²) in [7, 11) is 2.87. The summed E-state index contributed by atoms with van der Waals surface area (Å²) in [5.74, 6) is 2.49. The molecule has 0 radical (unpaired) electrons. The normalized spacial score (nSPS) is 11.7. The van der Waals surface area contributed by atoms with E-state index in [2.05, 4.69) is 25.0 Å². The second-order valence-electron chi connectivity index (χ2n) is 5.89. The molecule has 154 valence electrons. The third-order valence-corrected chi connectivity index (χ3v) is 3.82. The zero-order chi connectivity index (χ0) is 21.3. The van der Waals surface area contributed by atoms with Gasteiger partial charge in [0.1, 0.15) is 25.7 Å². The molecule has 0 aliphatic carbocycles. The van der Waals surface area contributed by atoms with Gasteiger partial charge in [0.05, 0.1) is 0 Å². The zero-order valence-electron chi connectivity index (χ0n) is 16.5. The van der Waals surface area contributed by atoms with Crippen LogP contribution < -0.4 is 20.9 Å². The van der Waals surface area contributed by atoms with E-state index in [0.29, 0.717) is 34.4 Å². The largest absolute Gasteiger partial charge is 0.439 e. The summed E-state index contributed by atoms with van der Waals surface area (Å²) < 4.78 is 11.6. The molecule has 9 nitrogen and oxygen atoms in total.